The first-order valence-electron chi connectivity index (χ1n) is 9.29. The molecule has 3 aromatic heterocycles. The maximum Gasteiger partial charge on any atom is 0.251 e. The van der Waals surface area contributed by atoms with Gasteiger partial charge in [0.05, 0.1) is 18.3 Å². The maximum absolute atomic E-state index is 13.5. The zero-order chi connectivity index (χ0) is 21.2. The van der Waals surface area contributed by atoms with Crippen LogP contribution in [0.15, 0.2) is 54.6 Å². The number of nitrogens with zero attached hydrogens (tertiary/aromatic N) is 6. The van der Waals surface area contributed by atoms with Crippen LogP contribution >= 0.6 is 11.7 Å². The molecule has 0 saturated heterocycles. The molecule has 0 spiro atoms. The van der Waals surface area contributed by atoms with Crippen molar-refractivity contribution in [1.29, 1.82) is 0 Å². The minimum Gasteiger partial charge on any atom is -0.475 e. The summed E-state index contributed by atoms with van der Waals surface area (Å²) in [6.07, 6.45) is 0. The summed E-state index contributed by atoms with van der Waals surface area (Å²) in [5, 5.41) is 15.3. The minimum atomic E-state index is -0.373. The molecule has 31 heavy (non-hydrogen) atoms. The van der Waals surface area contributed by atoms with Crippen molar-refractivity contribution in [3.63, 3.8) is 0 Å². The number of hydrogen-bond acceptors (Lipinski definition) is 8. The number of hydrogen-bond donors (Lipinski definition) is 1. The number of carbonyl (C=O) groups is 1. The molecule has 11 heteroatoms. The van der Waals surface area contributed by atoms with Gasteiger partial charge in [0.25, 0.3) is 5.91 Å². The van der Waals surface area contributed by atoms with E-state index in [2.05, 4.69) is 29.4 Å². The molecule has 0 unspecified atom stereocenters. The molecule has 5 rings (SSSR count). The first kappa shape index (κ1) is 19.0. The van der Waals surface area contributed by atoms with Gasteiger partial charge >= 0.3 is 0 Å². The molecule has 0 aliphatic rings. The van der Waals surface area contributed by atoms with E-state index in [-0.39, 0.29) is 24.9 Å². The average molecular weight is 435 g/mol. The Morgan fingerprint density at radius 3 is 2.87 bits per heavy atom. The number of benzene rings is 2. The normalized spacial score (nSPS) is 11.1. The lowest BCUT2D eigenvalue weighted by atomic mass is 10.2. The molecule has 154 valence electrons. The first-order valence-corrected chi connectivity index (χ1v) is 10.0. The molecule has 0 bridgehead atoms. The molecule has 5 aromatic rings. The Morgan fingerprint density at radius 2 is 1.97 bits per heavy atom. The number of aromatic nitrogens is 6. The van der Waals surface area contributed by atoms with Crippen molar-refractivity contribution in [2.24, 2.45) is 0 Å². The lowest BCUT2D eigenvalue weighted by Gasteiger charge is -2.08. The van der Waals surface area contributed by atoms with Gasteiger partial charge in [0.1, 0.15) is 23.5 Å². The molecule has 2 aromatic carbocycles. The SMILES string of the molecule is O=C(NCCOc1ccc2nnc(-c3cccc(F)c3)n2n1)c1ccc2nsnc2c1. The zero-order valence-corrected chi connectivity index (χ0v) is 16.7. The van der Waals surface area contributed by atoms with Gasteiger partial charge in [-0.2, -0.15) is 13.3 Å². The van der Waals surface area contributed by atoms with Crippen LogP contribution in [0.2, 0.25) is 0 Å². The molecule has 0 aliphatic carbocycles. The fourth-order valence-electron chi connectivity index (χ4n) is 3.00. The monoisotopic (exact) mass is 435 g/mol. The quantitative estimate of drug-likeness (QED) is 0.409. The van der Waals surface area contributed by atoms with Crippen LogP contribution in [-0.4, -0.2) is 47.6 Å². The lowest BCUT2D eigenvalue weighted by molar-refractivity contribution is 0.0946. The smallest absolute Gasteiger partial charge is 0.251 e. The summed E-state index contributed by atoms with van der Waals surface area (Å²) in [5.41, 5.74) is 3.01. The largest absolute Gasteiger partial charge is 0.475 e. The van der Waals surface area contributed by atoms with Crippen molar-refractivity contribution in [1.82, 2.24) is 33.9 Å². The number of rotatable bonds is 6. The Labute approximate surface area is 178 Å². The van der Waals surface area contributed by atoms with Gasteiger partial charge in [0.15, 0.2) is 11.5 Å². The summed E-state index contributed by atoms with van der Waals surface area (Å²) in [6.45, 7) is 0.493. The van der Waals surface area contributed by atoms with Gasteiger partial charge in [0, 0.05) is 17.2 Å². The molecule has 0 atom stereocenters. The molecule has 9 nitrogen and oxygen atoms in total. The van der Waals surface area contributed by atoms with E-state index in [4.69, 9.17) is 4.74 Å². The van der Waals surface area contributed by atoms with E-state index < -0.39 is 0 Å². The van der Waals surface area contributed by atoms with Crippen LogP contribution in [0.1, 0.15) is 10.4 Å². The van der Waals surface area contributed by atoms with Crippen LogP contribution in [0.5, 0.6) is 5.88 Å². The number of fused-ring (bicyclic) bond motifs is 2. The van der Waals surface area contributed by atoms with Gasteiger partial charge in [-0.25, -0.2) is 4.39 Å². The standard InChI is InChI=1S/C20H14FN7O2S/c21-14-3-1-2-12(10-14)19-24-23-17-6-7-18(25-28(17)19)30-9-8-22-20(29)13-4-5-15-16(11-13)27-31-26-15/h1-7,10-11H,8-9H2,(H,22,29). The van der Waals surface area contributed by atoms with Crippen LogP contribution in [0.4, 0.5) is 4.39 Å². The second kappa shape index (κ2) is 8.03. The van der Waals surface area contributed by atoms with E-state index in [0.29, 0.717) is 34.0 Å². The maximum atomic E-state index is 13.5. The molecule has 0 aliphatic heterocycles. The Balaban J connectivity index is 1.23. The van der Waals surface area contributed by atoms with Gasteiger partial charge in [-0.05, 0) is 36.4 Å². The van der Waals surface area contributed by atoms with Gasteiger partial charge in [-0.15, -0.1) is 15.3 Å². The van der Waals surface area contributed by atoms with Crippen molar-refractivity contribution < 1.29 is 13.9 Å². The predicted octanol–water partition coefficient (Wildman–Crippen LogP) is 2.74. The van der Waals surface area contributed by atoms with E-state index >= 15 is 0 Å². The lowest BCUT2D eigenvalue weighted by Crippen LogP contribution is -2.28. The summed E-state index contributed by atoms with van der Waals surface area (Å²) < 4.78 is 28.9. The van der Waals surface area contributed by atoms with Crippen molar-refractivity contribution in [3.05, 3.63) is 66.0 Å². The Morgan fingerprint density at radius 1 is 1.06 bits per heavy atom. The van der Waals surface area contributed by atoms with E-state index in [1.54, 1.807) is 42.5 Å². The predicted molar refractivity (Wildman–Crippen MR) is 111 cm³/mol. The average Bonchev–Trinajstić information content (AvgIpc) is 3.42. The molecule has 0 radical (unpaired) electrons. The van der Waals surface area contributed by atoms with E-state index in [1.807, 2.05) is 0 Å². The van der Waals surface area contributed by atoms with Crippen molar-refractivity contribution in [2.45, 2.75) is 0 Å². The number of ether oxygens (including phenoxy) is 1. The van der Waals surface area contributed by atoms with Crippen molar-refractivity contribution >= 4 is 34.3 Å². The highest BCUT2D eigenvalue weighted by Crippen LogP contribution is 2.20. The van der Waals surface area contributed by atoms with Crippen molar-refractivity contribution in [2.75, 3.05) is 13.2 Å². The molecular formula is C20H14FN7O2S. The number of carbonyl (C=O) groups excluding carboxylic acids is 1. The molecular weight excluding hydrogens is 421 g/mol. The summed E-state index contributed by atoms with van der Waals surface area (Å²) in [5.74, 6) is 0.131. The third-order valence-corrected chi connectivity index (χ3v) is 5.03. The van der Waals surface area contributed by atoms with Crippen molar-refractivity contribution in [3.8, 4) is 17.3 Å². The van der Waals surface area contributed by atoms with Crippen LogP contribution in [-0.2, 0) is 0 Å². The van der Waals surface area contributed by atoms with Gasteiger partial charge in [0.2, 0.25) is 5.88 Å². The number of halogens is 1. The van der Waals surface area contributed by atoms with Crippen LogP contribution in [0.25, 0.3) is 28.1 Å². The summed E-state index contributed by atoms with van der Waals surface area (Å²) in [7, 11) is 0. The first-order chi connectivity index (χ1) is 15.2. The second-order valence-corrected chi connectivity index (χ2v) is 7.08. The zero-order valence-electron chi connectivity index (χ0n) is 15.9. The second-order valence-electron chi connectivity index (χ2n) is 6.55. The topological polar surface area (TPSA) is 107 Å². The summed E-state index contributed by atoms with van der Waals surface area (Å²) in [4.78, 5) is 12.3. The summed E-state index contributed by atoms with van der Waals surface area (Å²) >= 11 is 1.11. The van der Waals surface area contributed by atoms with Gasteiger partial charge < -0.3 is 10.1 Å². The molecule has 1 N–H and O–H groups in total. The van der Waals surface area contributed by atoms with Gasteiger partial charge in [-0.3, -0.25) is 4.79 Å². The third-order valence-electron chi connectivity index (χ3n) is 4.47. The third kappa shape index (κ3) is 3.90. The molecule has 1 amide bonds. The van der Waals surface area contributed by atoms with Crippen LogP contribution < -0.4 is 10.1 Å². The van der Waals surface area contributed by atoms with E-state index in [0.717, 1.165) is 17.2 Å². The highest BCUT2D eigenvalue weighted by atomic mass is 32.1. The fourth-order valence-corrected chi connectivity index (χ4v) is 3.52. The molecule has 0 fully saturated rings. The Bertz CT molecular complexity index is 1400. The molecule has 0 saturated carbocycles. The number of amides is 1. The highest BCUT2D eigenvalue weighted by molar-refractivity contribution is 7.00. The van der Waals surface area contributed by atoms with Crippen LogP contribution in [0, 0.1) is 5.82 Å². The Kier molecular flexibility index (Phi) is 4.92. The van der Waals surface area contributed by atoms with E-state index in [9.17, 15) is 9.18 Å². The van der Waals surface area contributed by atoms with Gasteiger partial charge in [-0.1, -0.05) is 12.1 Å². The minimum absolute atomic E-state index is 0.210. The van der Waals surface area contributed by atoms with E-state index in [1.165, 1.54) is 16.6 Å². The fraction of sp³-hybridized carbons (Fsp3) is 0.100. The highest BCUT2D eigenvalue weighted by Gasteiger charge is 2.12. The number of nitrogens with one attached hydrogen (secondary N) is 1. The summed E-state index contributed by atoms with van der Waals surface area (Å²) in [6, 6.07) is 14.6. The Hall–Kier alpha value is -3.99. The molecule has 3 heterocycles. The van der Waals surface area contributed by atoms with Crippen LogP contribution in [0.3, 0.4) is 0 Å².